The van der Waals surface area contributed by atoms with Gasteiger partial charge in [-0.25, -0.2) is 4.79 Å². The molecule has 0 aliphatic carbocycles. The molecule has 28 heavy (non-hydrogen) atoms. The summed E-state index contributed by atoms with van der Waals surface area (Å²) in [5, 5.41) is 9.73. The highest BCUT2D eigenvalue weighted by atomic mass is 35.5. The van der Waals surface area contributed by atoms with E-state index in [1.807, 2.05) is 0 Å². The van der Waals surface area contributed by atoms with Crippen molar-refractivity contribution in [1.29, 1.82) is 0 Å². The molecule has 2 heterocycles. The second kappa shape index (κ2) is 6.86. The number of aromatic carboxylic acids is 1. The minimum Gasteiger partial charge on any atom is -0.478 e. The monoisotopic (exact) mass is 395 g/mol. The number of aryl methyl sites for hydroxylation is 1. The summed E-state index contributed by atoms with van der Waals surface area (Å²) in [6.45, 7) is 1.72. The number of ether oxygens (including phenoxy) is 1. The summed E-state index contributed by atoms with van der Waals surface area (Å²) >= 11 is 6.37. The Morgan fingerprint density at radius 2 is 2.00 bits per heavy atom. The van der Waals surface area contributed by atoms with E-state index in [-0.39, 0.29) is 17.1 Å². The summed E-state index contributed by atoms with van der Waals surface area (Å²) in [6, 6.07) is 11.6. The largest absolute Gasteiger partial charge is 0.478 e. The van der Waals surface area contributed by atoms with Gasteiger partial charge < -0.3 is 19.8 Å². The molecule has 2 aromatic heterocycles. The minimum atomic E-state index is -1.02. The van der Waals surface area contributed by atoms with E-state index in [1.165, 1.54) is 12.1 Å². The summed E-state index contributed by atoms with van der Waals surface area (Å²) in [4.78, 5) is 32.6. The van der Waals surface area contributed by atoms with Crippen LogP contribution in [0.2, 0.25) is 5.02 Å². The van der Waals surface area contributed by atoms with Crippen molar-refractivity contribution in [3.8, 4) is 22.9 Å². The van der Waals surface area contributed by atoms with Crippen LogP contribution in [0.15, 0.2) is 53.5 Å². The SMILES string of the molecule is Cc1ccc(Oc2nc3cc(-c4ccc(=O)[nH]c4)c(Cl)cc3[nH]2)cc1C(=O)O. The molecule has 0 spiro atoms. The number of carbonyl (C=O) groups is 1. The van der Waals surface area contributed by atoms with Gasteiger partial charge in [-0.1, -0.05) is 17.7 Å². The van der Waals surface area contributed by atoms with Crippen LogP contribution in [0.4, 0.5) is 0 Å². The van der Waals surface area contributed by atoms with Crippen molar-refractivity contribution in [3.63, 3.8) is 0 Å². The highest BCUT2D eigenvalue weighted by molar-refractivity contribution is 6.34. The molecule has 4 rings (SSSR count). The molecule has 8 heteroatoms. The van der Waals surface area contributed by atoms with Crippen LogP contribution in [0.25, 0.3) is 22.2 Å². The van der Waals surface area contributed by atoms with Crippen LogP contribution >= 0.6 is 11.6 Å². The molecule has 0 saturated heterocycles. The van der Waals surface area contributed by atoms with Gasteiger partial charge in [0, 0.05) is 17.8 Å². The topological polar surface area (TPSA) is 108 Å². The Morgan fingerprint density at radius 1 is 1.18 bits per heavy atom. The third kappa shape index (κ3) is 3.35. The Labute approximate surface area is 163 Å². The van der Waals surface area contributed by atoms with Gasteiger partial charge in [-0.2, -0.15) is 4.98 Å². The van der Waals surface area contributed by atoms with Gasteiger partial charge in [-0.3, -0.25) is 4.79 Å². The summed E-state index contributed by atoms with van der Waals surface area (Å²) in [5.41, 5.74) is 3.35. The van der Waals surface area contributed by atoms with Gasteiger partial charge >= 0.3 is 5.97 Å². The molecule has 0 aliphatic heterocycles. The van der Waals surface area contributed by atoms with Crippen LogP contribution in [0.3, 0.4) is 0 Å². The minimum absolute atomic E-state index is 0.164. The zero-order valence-electron chi connectivity index (χ0n) is 14.6. The fourth-order valence-corrected chi connectivity index (χ4v) is 3.13. The number of rotatable bonds is 4. The van der Waals surface area contributed by atoms with Gasteiger partial charge in [0.25, 0.3) is 6.01 Å². The lowest BCUT2D eigenvalue weighted by molar-refractivity contribution is 0.0695. The van der Waals surface area contributed by atoms with Crippen molar-refractivity contribution in [3.05, 3.63) is 75.2 Å². The normalized spacial score (nSPS) is 10.9. The number of nitrogens with one attached hydrogen (secondary N) is 2. The highest BCUT2D eigenvalue weighted by Gasteiger charge is 2.13. The van der Waals surface area contributed by atoms with E-state index in [0.717, 1.165) is 5.56 Å². The number of benzene rings is 2. The van der Waals surface area contributed by atoms with Crippen LogP contribution in [0, 0.1) is 6.92 Å². The maximum Gasteiger partial charge on any atom is 0.336 e. The lowest BCUT2D eigenvalue weighted by atomic mass is 10.1. The summed E-state index contributed by atoms with van der Waals surface area (Å²) in [7, 11) is 0. The number of H-pyrrole nitrogens is 2. The smallest absolute Gasteiger partial charge is 0.336 e. The van der Waals surface area contributed by atoms with Gasteiger partial charge in [-0.15, -0.1) is 0 Å². The van der Waals surface area contributed by atoms with Gasteiger partial charge in [0.2, 0.25) is 5.56 Å². The van der Waals surface area contributed by atoms with Gasteiger partial charge in [0.15, 0.2) is 0 Å². The van der Waals surface area contributed by atoms with E-state index in [0.29, 0.717) is 32.9 Å². The van der Waals surface area contributed by atoms with Crippen LogP contribution in [0.1, 0.15) is 15.9 Å². The predicted octanol–water partition coefficient (Wildman–Crippen LogP) is 4.37. The molecule has 0 atom stereocenters. The van der Waals surface area contributed by atoms with Crippen molar-refractivity contribution >= 4 is 28.6 Å². The van der Waals surface area contributed by atoms with Crippen LogP contribution in [0.5, 0.6) is 11.8 Å². The summed E-state index contributed by atoms with van der Waals surface area (Å²) in [6.07, 6.45) is 1.58. The average Bonchev–Trinajstić information content (AvgIpc) is 3.04. The molecule has 2 aromatic carbocycles. The number of imidazole rings is 1. The number of carboxylic acids is 1. The Balaban J connectivity index is 1.70. The lowest BCUT2D eigenvalue weighted by Gasteiger charge is -2.05. The zero-order chi connectivity index (χ0) is 19.8. The molecule has 3 N–H and O–H groups in total. The van der Waals surface area contributed by atoms with Crippen LogP contribution in [-0.2, 0) is 0 Å². The molecule has 0 saturated carbocycles. The van der Waals surface area contributed by atoms with Crippen molar-refractivity contribution in [2.45, 2.75) is 6.92 Å². The zero-order valence-corrected chi connectivity index (χ0v) is 15.4. The number of aromatic amines is 2. The number of hydrogen-bond acceptors (Lipinski definition) is 4. The van der Waals surface area contributed by atoms with Gasteiger partial charge in [0.05, 0.1) is 21.6 Å². The van der Waals surface area contributed by atoms with Crippen molar-refractivity contribution in [1.82, 2.24) is 15.0 Å². The molecule has 0 aliphatic rings. The Kier molecular flexibility index (Phi) is 4.37. The van der Waals surface area contributed by atoms with E-state index in [2.05, 4.69) is 15.0 Å². The Hall–Kier alpha value is -3.58. The number of carboxylic acid groups (broad SMARTS) is 1. The van der Waals surface area contributed by atoms with Crippen molar-refractivity contribution < 1.29 is 14.6 Å². The first-order valence-electron chi connectivity index (χ1n) is 8.31. The molecule has 4 aromatic rings. The maximum atomic E-state index is 11.3. The molecule has 0 bridgehead atoms. The number of nitrogens with zero attached hydrogens (tertiary/aromatic N) is 1. The van der Waals surface area contributed by atoms with E-state index >= 15 is 0 Å². The molecular formula is C20H14ClN3O4. The third-order valence-electron chi connectivity index (χ3n) is 4.30. The average molecular weight is 396 g/mol. The molecule has 7 nitrogen and oxygen atoms in total. The fourth-order valence-electron chi connectivity index (χ4n) is 2.86. The Bertz CT molecular complexity index is 1260. The van der Waals surface area contributed by atoms with Crippen molar-refractivity contribution in [2.75, 3.05) is 0 Å². The number of fused-ring (bicyclic) bond motifs is 1. The van der Waals surface area contributed by atoms with E-state index in [9.17, 15) is 14.7 Å². The summed E-state index contributed by atoms with van der Waals surface area (Å²) in [5.74, 6) is -0.668. The lowest BCUT2D eigenvalue weighted by Crippen LogP contribution is -2.01. The second-order valence-corrected chi connectivity index (χ2v) is 6.62. The molecule has 0 radical (unpaired) electrons. The van der Waals surface area contributed by atoms with Crippen LogP contribution < -0.4 is 10.3 Å². The van der Waals surface area contributed by atoms with Gasteiger partial charge in [-0.05, 0) is 48.4 Å². The molecular weight excluding hydrogens is 382 g/mol. The first-order chi connectivity index (χ1) is 13.4. The third-order valence-corrected chi connectivity index (χ3v) is 4.61. The highest BCUT2D eigenvalue weighted by Crippen LogP contribution is 2.32. The molecule has 0 fully saturated rings. The standard InChI is InChI=1S/C20H14ClN3O4/c1-10-2-4-12(6-13(10)19(26)27)28-20-23-16-7-14(15(21)8-17(16)24-20)11-3-5-18(25)22-9-11/h2-9H,1H3,(H,22,25)(H,23,24)(H,26,27). The molecule has 140 valence electrons. The first kappa shape index (κ1) is 17.8. The number of aromatic nitrogens is 3. The quantitative estimate of drug-likeness (QED) is 0.475. The number of halogens is 1. The van der Waals surface area contributed by atoms with E-state index in [4.69, 9.17) is 16.3 Å². The summed E-state index contributed by atoms with van der Waals surface area (Å²) < 4.78 is 5.69. The molecule has 0 unspecified atom stereocenters. The number of hydrogen-bond donors (Lipinski definition) is 3. The molecule has 0 amide bonds. The number of pyridine rings is 1. The van der Waals surface area contributed by atoms with Crippen LogP contribution in [-0.4, -0.2) is 26.0 Å². The van der Waals surface area contributed by atoms with Gasteiger partial charge in [0.1, 0.15) is 5.75 Å². The Morgan fingerprint density at radius 3 is 2.71 bits per heavy atom. The fraction of sp³-hybridized carbons (Fsp3) is 0.0500. The predicted molar refractivity (Wildman–Crippen MR) is 105 cm³/mol. The first-order valence-corrected chi connectivity index (χ1v) is 8.69. The van der Waals surface area contributed by atoms with E-state index in [1.54, 1.807) is 43.5 Å². The maximum absolute atomic E-state index is 11.3. The van der Waals surface area contributed by atoms with E-state index < -0.39 is 5.97 Å². The second-order valence-electron chi connectivity index (χ2n) is 6.22. The van der Waals surface area contributed by atoms with Crippen molar-refractivity contribution in [2.24, 2.45) is 0 Å².